The van der Waals surface area contributed by atoms with Crippen LogP contribution in [-0.2, 0) is 17.8 Å². The molecule has 38 heavy (non-hydrogen) atoms. The zero-order valence-corrected chi connectivity index (χ0v) is 21.0. The van der Waals surface area contributed by atoms with Crippen molar-refractivity contribution in [3.8, 4) is 11.5 Å². The van der Waals surface area contributed by atoms with Crippen LogP contribution < -0.4 is 16.6 Å². The van der Waals surface area contributed by atoms with Crippen molar-refractivity contribution < 1.29 is 14.3 Å². The second kappa shape index (κ2) is 10.7. The summed E-state index contributed by atoms with van der Waals surface area (Å²) in [4.78, 5) is 49.0. The van der Waals surface area contributed by atoms with Crippen molar-refractivity contribution in [1.82, 2.24) is 24.4 Å². The molecule has 5 rings (SSSR count). The van der Waals surface area contributed by atoms with E-state index >= 15 is 0 Å². The highest BCUT2D eigenvalue weighted by atomic mass is 19.1. The van der Waals surface area contributed by atoms with Gasteiger partial charge >= 0.3 is 11.7 Å². The Bertz CT molecular complexity index is 1560. The van der Waals surface area contributed by atoms with E-state index in [0.29, 0.717) is 57.5 Å². The summed E-state index contributed by atoms with van der Waals surface area (Å²) in [6.45, 7) is 4.95. The number of nitrogens with one attached hydrogen (secondary N) is 2. The number of piperidine rings is 1. The summed E-state index contributed by atoms with van der Waals surface area (Å²) >= 11 is 0. The SMILES string of the molecule is Cc1cc2nc3c(=O)[nH]c(=O)nc-3n(CCN3CCC(C(=O)O)CC3)c2cc1NCCc1ccc(F)cc1. The van der Waals surface area contributed by atoms with Crippen molar-refractivity contribution in [3.05, 3.63) is 74.2 Å². The van der Waals surface area contributed by atoms with Crippen LogP contribution in [0.5, 0.6) is 0 Å². The number of fused-ring (bicyclic) bond motifs is 2. The van der Waals surface area contributed by atoms with Crippen molar-refractivity contribution in [1.29, 1.82) is 0 Å². The van der Waals surface area contributed by atoms with Gasteiger partial charge in [-0.3, -0.25) is 14.6 Å². The maximum Gasteiger partial charge on any atom is 0.349 e. The van der Waals surface area contributed by atoms with Gasteiger partial charge in [0, 0.05) is 25.3 Å². The third-order valence-electron chi connectivity index (χ3n) is 7.17. The van der Waals surface area contributed by atoms with E-state index in [1.807, 2.05) is 23.6 Å². The molecule has 3 aliphatic heterocycles. The quantitative estimate of drug-likeness (QED) is 0.302. The van der Waals surface area contributed by atoms with E-state index in [-0.39, 0.29) is 23.3 Å². The Morgan fingerprint density at radius 2 is 1.87 bits per heavy atom. The minimum Gasteiger partial charge on any atom is -0.481 e. The van der Waals surface area contributed by atoms with Gasteiger partial charge < -0.3 is 19.9 Å². The molecule has 11 heteroatoms. The van der Waals surface area contributed by atoms with Gasteiger partial charge in [0.1, 0.15) is 5.82 Å². The number of aromatic nitrogens is 4. The fourth-order valence-electron chi connectivity index (χ4n) is 5.00. The summed E-state index contributed by atoms with van der Waals surface area (Å²) in [5.74, 6) is -1.13. The number of nitrogens with zero attached hydrogens (tertiary/aromatic N) is 4. The molecule has 0 aliphatic carbocycles. The Morgan fingerprint density at radius 1 is 1.13 bits per heavy atom. The number of anilines is 1. The lowest BCUT2D eigenvalue weighted by Crippen LogP contribution is -2.38. The highest BCUT2D eigenvalue weighted by Crippen LogP contribution is 2.27. The molecule has 1 fully saturated rings. The highest BCUT2D eigenvalue weighted by molar-refractivity contribution is 5.84. The number of aromatic amines is 1. The molecule has 0 radical (unpaired) electrons. The first-order valence-corrected chi connectivity index (χ1v) is 12.7. The molecule has 0 unspecified atom stereocenters. The van der Waals surface area contributed by atoms with Gasteiger partial charge in [-0.1, -0.05) is 12.1 Å². The number of aryl methyl sites for hydroxylation is 1. The van der Waals surface area contributed by atoms with Crippen LogP contribution in [0.3, 0.4) is 0 Å². The Hall–Kier alpha value is -4.12. The molecule has 10 nitrogen and oxygen atoms in total. The molecule has 0 saturated carbocycles. The topological polar surface area (TPSA) is 133 Å². The number of benzene rings is 2. The number of aliphatic carboxylic acids is 1. The smallest absolute Gasteiger partial charge is 0.349 e. The molecule has 0 aromatic heterocycles. The average molecular weight is 521 g/mol. The number of carboxylic acids is 1. The molecule has 2 aromatic rings. The largest absolute Gasteiger partial charge is 0.481 e. The van der Waals surface area contributed by atoms with E-state index in [9.17, 15) is 23.9 Å². The minimum absolute atomic E-state index is 0.0955. The van der Waals surface area contributed by atoms with Crippen molar-refractivity contribution in [3.63, 3.8) is 0 Å². The van der Waals surface area contributed by atoms with Gasteiger partial charge in [0.25, 0.3) is 5.56 Å². The molecule has 1 saturated heterocycles. The number of rotatable bonds is 8. The van der Waals surface area contributed by atoms with Crippen molar-refractivity contribution >= 4 is 22.7 Å². The standard InChI is InChI=1S/C27H29FN6O4/c1-16-14-21-22(15-20(16)29-9-6-17-2-4-19(28)5-3-17)34(24-23(30-21)25(35)32-27(38)31-24)13-12-33-10-7-18(8-11-33)26(36)37/h2-5,14-15,18,29H,6-13H2,1H3,(H,36,37)(H,32,35,38). The first-order chi connectivity index (χ1) is 18.3. The molecule has 0 amide bonds. The zero-order chi connectivity index (χ0) is 26.8. The third kappa shape index (κ3) is 5.42. The summed E-state index contributed by atoms with van der Waals surface area (Å²) in [5, 5.41) is 12.7. The predicted octanol–water partition coefficient (Wildman–Crippen LogP) is 2.48. The Balaban J connectivity index is 1.45. The van der Waals surface area contributed by atoms with Crippen LogP contribution >= 0.6 is 0 Å². The normalized spacial score (nSPS) is 14.8. The molecule has 2 aromatic carbocycles. The van der Waals surface area contributed by atoms with Gasteiger partial charge in [-0.15, -0.1) is 0 Å². The van der Waals surface area contributed by atoms with Crippen LogP contribution in [0, 0.1) is 18.7 Å². The minimum atomic E-state index is -0.758. The van der Waals surface area contributed by atoms with Crippen LogP contribution in [0.1, 0.15) is 24.0 Å². The summed E-state index contributed by atoms with van der Waals surface area (Å²) in [6, 6.07) is 10.3. The fourth-order valence-corrected chi connectivity index (χ4v) is 5.00. The van der Waals surface area contributed by atoms with Crippen molar-refractivity contribution in [2.24, 2.45) is 5.92 Å². The van der Waals surface area contributed by atoms with E-state index < -0.39 is 17.2 Å². The van der Waals surface area contributed by atoms with Gasteiger partial charge in [-0.05, 0) is 74.7 Å². The number of halogens is 1. The van der Waals surface area contributed by atoms with Gasteiger partial charge in [0.15, 0.2) is 11.5 Å². The number of carboxylic acid groups (broad SMARTS) is 1. The lowest BCUT2D eigenvalue weighted by molar-refractivity contribution is -0.143. The Morgan fingerprint density at radius 3 is 2.58 bits per heavy atom. The van der Waals surface area contributed by atoms with Crippen LogP contribution in [-0.4, -0.2) is 61.7 Å². The number of hydrogen-bond donors (Lipinski definition) is 3. The molecule has 3 N–H and O–H groups in total. The summed E-state index contributed by atoms with van der Waals surface area (Å²) in [5.41, 5.74) is 2.94. The summed E-state index contributed by atoms with van der Waals surface area (Å²) in [6.07, 6.45) is 1.88. The predicted molar refractivity (Wildman–Crippen MR) is 141 cm³/mol. The molecule has 3 aliphatic rings. The monoisotopic (exact) mass is 520 g/mol. The number of carbonyl (C=O) groups is 1. The fraction of sp³-hybridized carbons (Fsp3) is 0.370. The van der Waals surface area contributed by atoms with Gasteiger partial charge in [-0.2, -0.15) is 4.98 Å². The molecule has 198 valence electrons. The van der Waals surface area contributed by atoms with Crippen LogP contribution in [0.25, 0.3) is 22.6 Å². The van der Waals surface area contributed by atoms with Gasteiger partial charge in [0.2, 0.25) is 0 Å². The lowest BCUT2D eigenvalue weighted by Gasteiger charge is -2.30. The summed E-state index contributed by atoms with van der Waals surface area (Å²) < 4.78 is 15.1. The van der Waals surface area contributed by atoms with E-state index in [4.69, 9.17) is 0 Å². The van der Waals surface area contributed by atoms with E-state index in [1.54, 1.807) is 12.1 Å². The maximum absolute atomic E-state index is 13.2. The number of H-pyrrole nitrogens is 1. The zero-order valence-electron chi connectivity index (χ0n) is 21.0. The van der Waals surface area contributed by atoms with Gasteiger partial charge in [0.05, 0.1) is 17.0 Å². The first-order valence-electron chi connectivity index (χ1n) is 12.7. The van der Waals surface area contributed by atoms with Gasteiger partial charge in [-0.25, -0.2) is 14.2 Å². The molecule has 0 bridgehead atoms. The van der Waals surface area contributed by atoms with Crippen LogP contribution in [0.2, 0.25) is 0 Å². The average Bonchev–Trinajstić information content (AvgIpc) is 2.89. The highest BCUT2D eigenvalue weighted by Gasteiger charge is 2.25. The van der Waals surface area contributed by atoms with Crippen LogP contribution in [0.15, 0.2) is 46.0 Å². The maximum atomic E-state index is 13.2. The van der Waals surface area contributed by atoms with E-state index in [0.717, 1.165) is 22.3 Å². The van der Waals surface area contributed by atoms with E-state index in [2.05, 4.69) is 25.2 Å². The molecular weight excluding hydrogens is 491 g/mol. The number of hydrogen-bond acceptors (Lipinski definition) is 7. The second-order valence-electron chi connectivity index (χ2n) is 9.72. The number of likely N-dealkylation sites (tertiary alicyclic amines) is 1. The lowest BCUT2D eigenvalue weighted by atomic mass is 9.97. The molecular formula is C27H29FN6O4. The molecule has 3 heterocycles. The Labute approximate surface area is 217 Å². The first kappa shape index (κ1) is 25.5. The molecule has 0 atom stereocenters. The molecule has 0 spiro atoms. The summed E-state index contributed by atoms with van der Waals surface area (Å²) in [7, 11) is 0. The van der Waals surface area contributed by atoms with E-state index in [1.165, 1.54) is 12.1 Å². The van der Waals surface area contributed by atoms with Crippen molar-refractivity contribution in [2.75, 3.05) is 31.5 Å². The van der Waals surface area contributed by atoms with Crippen molar-refractivity contribution in [2.45, 2.75) is 32.7 Å². The Kier molecular flexibility index (Phi) is 7.19. The third-order valence-corrected chi connectivity index (χ3v) is 7.17. The van der Waals surface area contributed by atoms with Crippen LogP contribution in [0.4, 0.5) is 10.1 Å². The second-order valence-corrected chi connectivity index (χ2v) is 9.72.